The molecule has 0 N–H and O–H groups in total. The van der Waals surface area contributed by atoms with Crippen LogP contribution >= 0.6 is 0 Å². The SMILES string of the molecule is CCCCCC1=CCc2c(c(OC)c3ccccc3c2OC)C1. The lowest BCUT2D eigenvalue weighted by Gasteiger charge is -2.24. The molecule has 0 radical (unpaired) electrons. The third kappa shape index (κ3) is 2.95. The molecule has 0 amide bonds. The molecule has 0 aromatic heterocycles. The highest BCUT2D eigenvalue weighted by Crippen LogP contribution is 2.44. The van der Waals surface area contributed by atoms with Gasteiger partial charge in [0.15, 0.2) is 0 Å². The highest BCUT2D eigenvalue weighted by molar-refractivity contribution is 5.96. The Labute approximate surface area is 139 Å². The van der Waals surface area contributed by atoms with E-state index >= 15 is 0 Å². The summed E-state index contributed by atoms with van der Waals surface area (Å²) < 4.78 is 11.6. The van der Waals surface area contributed by atoms with Crippen LogP contribution < -0.4 is 9.47 Å². The van der Waals surface area contributed by atoms with Gasteiger partial charge in [0.05, 0.1) is 14.2 Å². The summed E-state index contributed by atoms with van der Waals surface area (Å²) in [5, 5.41) is 2.30. The molecule has 0 fully saturated rings. The quantitative estimate of drug-likeness (QED) is 0.521. The number of hydrogen-bond donors (Lipinski definition) is 0. The zero-order chi connectivity index (χ0) is 16.2. The number of allylic oxidation sites excluding steroid dienone is 2. The molecule has 3 rings (SSSR count). The van der Waals surface area contributed by atoms with Gasteiger partial charge in [0, 0.05) is 21.9 Å². The predicted molar refractivity (Wildman–Crippen MR) is 96.7 cm³/mol. The molecule has 2 nitrogen and oxygen atoms in total. The second-order valence-corrected chi connectivity index (χ2v) is 6.27. The summed E-state index contributed by atoms with van der Waals surface area (Å²) >= 11 is 0. The fourth-order valence-electron chi connectivity index (χ4n) is 3.69. The van der Waals surface area contributed by atoms with E-state index in [9.17, 15) is 0 Å². The van der Waals surface area contributed by atoms with Gasteiger partial charge in [0.2, 0.25) is 0 Å². The fourth-order valence-corrected chi connectivity index (χ4v) is 3.69. The molecular formula is C21H26O2. The lowest BCUT2D eigenvalue weighted by molar-refractivity contribution is 0.402. The van der Waals surface area contributed by atoms with Crippen LogP contribution in [0.5, 0.6) is 11.5 Å². The molecule has 122 valence electrons. The molecule has 2 aromatic rings. The summed E-state index contributed by atoms with van der Waals surface area (Å²) in [7, 11) is 3.55. The molecule has 0 heterocycles. The molecule has 0 spiro atoms. The number of methoxy groups -OCH3 is 2. The van der Waals surface area contributed by atoms with E-state index in [2.05, 4.69) is 37.3 Å². The number of ether oxygens (including phenoxy) is 2. The van der Waals surface area contributed by atoms with Crippen molar-refractivity contribution in [3.63, 3.8) is 0 Å². The lowest BCUT2D eigenvalue weighted by atomic mass is 9.85. The summed E-state index contributed by atoms with van der Waals surface area (Å²) in [6.07, 6.45) is 9.39. The zero-order valence-electron chi connectivity index (χ0n) is 14.4. The molecule has 23 heavy (non-hydrogen) atoms. The van der Waals surface area contributed by atoms with Crippen LogP contribution in [0.1, 0.15) is 43.7 Å². The molecule has 0 saturated carbocycles. The van der Waals surface area contributed by atoms with Crippen molar-refractivity contribution in [1.82, 2.24) is 0 Å². The first-order valence-electron chi connectivity index (χ1n) is 8.62. The Morgan fingerprint density at radius 1 is 0.913 bits per heavy atom. The molecule has 1 aliphatic rings. The Kier molecular flexibility index (Phi) is 4.90. The van der Waals surface area contributed by atoms with Crippen molar-refractivity contribution >= 4 is 10.8 Å². The highest BCUT2D eigenvalue weighted by atomic mass is 16.5. The first kappa shape index (κ1) is 15.9. The highest BCUT2D eigenvalue weighted by Gasteiger charge is 2.23. The maximum Gasteiger partial charge on any atom is 0.130 e. The van der Waals surface area contributed by atoms with E-state index in [0.717, 1.165) is 35.1 Å². The van der Waals surface area contributed by atoms with E-state index < -0.39 is 0 Å². The Morgan fingerprint density at radius 2 is 1.57 bits per heavy atom. The Morgan fingerprint density at radius 3 is 2.17 bits per heavy atom. The van der Waals surface area contributed by atoms with Gasteiger partial charge >= 0.3 is 0 Å². The van der Waals surface area contributed by atoms with Crippen LogP contribution in [0.4, 0.5) is 0 Å². The number of benzene rings is 2. The van der Waals surface area contributed by atoms with Crippen molar-refractivity contribution in [2.45, 2.75) is 45.4 Å². The van der Waals surface area contributed by atoms with Gasteiger partial charge in [-0.2, -0.15) is 0 Å². The fraction of sp³-hybridized carbons (Fsp3) is 0.429. The second-order valence-electron chi connectivity index (χ2n) is 6.27. The Balaban J connectivity index is 2.06. The van der Waals surface area contributed by atoms with E-state index in [1.807, 2.05) is 0 Å². The first-order valence-corrected chi connectivity index (χ1v) is 8.62. The predicted octanol–water partition coefficient (Wildman–Crippen LogP) is 5.46. The van der Waals surface area contributed by atoms with Gasteiger partial charge in [-0.15, -0.1) is 0 Å². The number of rotatable bonds is 6. The summed E-state index contributed by atoms with van der Waals surface area (Å²) in [5.41, 5.74) is 4.15. The molecule has 0 unspecified atom stereocenters. The van der Waals surface area contributed by atoms with Crippen molar-refractivity contribution in [3.8, 4) is 11.5 Å². The second kappa shape index (κ2) is 7.08. The smallest absolute Gasteiger partial charge is 0.130 e. The molecule has 0 saturated heterocycles. The summed E-state index contributed by atoms with van der Waals surface area (Å²) in [6, 6.07) is 8.38. The number of fused-ring (bicyclic) bond motifs is 2. The first-order chi connectivity index (χ1) is 11.3. The van der Waals surface area contributed by atoms with E-state index in [4.69, 9.17) is 9.47 Å². The van der Waals surface area contributed by atoms with E-state index in [-0.39, 0.29) is 0 Å². The molecular weight excluding hydrogens is 284 g/mol. The maximum absolute atomic E-state index is 5.82. The van der Waals surface area contributed by atoms with E-state index in [0.29, 0.717) is 0 Å². The molecule has 1 aliphatic carbocycles. The Bertz CT molecular complexity index is 728. The van der Waals surface area contributed by atoms with Crippen molar-refractivity contribution in [2.24, 2.45) is 0 Å². The minimum atomic E-state index is 0.946. The zero-order valence-corrected chi connectivity index (χ0v) is 14.4. The average molecular weight is 310 g/mol. The van der Waals surface area contributed by atoms with Crippen LogP contribution in [0.3, 0.4) is 0 Å². The maximum atomic E-state index is 5.82. The molecule has 2 heteroatoms. The van der Waals surface area contributed by atoms with Crippen molar-refractivity contribution in [1.29, 1.82) is 0 Å². The van der Waals surface area contributed by atoms with Crippen LogP contribution in [-0.4, -0.2) is 14.2 Å². The minimum absolute atomic E-state index is 0.946. The molecule has 0 bridgehead atoms. The van der Waals surface area contributed by atoms with E-state index in [1.54, 1.807) is 19.8 Å². The van der Waals surface area contributed by atoms with Gasteiger partial charge in [-0.3, -0.25) is 0 Å². The van der Waals surface area contributed by atoms with Crippen LogP contribution in [0.15, 0.2) is 35.9 Å². The van der Waals surface area contributed by atoms with Gasteiger partial charge in [-0.1, -0.05) is 55.7 Å². The van der Waals surface area contributed by atoms with Gasteiger partial charge < -0.3 is 9.47 Å². The van der Waals surface area contributed by atoms with Crippen LogP contribution in [0.2, 0.25) is 0 Å². The molecule has 0 aliphatic heterocycles. The van der Waals surface area contributed by atoms with Crippen molar-refractivity contribution in [2.75, 3.05) is 14.2 Å². The van der Waals surface area contributed by atoms with Gasteiger partial charge in [0.1, 0.15) is 11.5 Å². The van der Waals surface area contributed by atoms with Crippen molar-refractivity contribution in [3.05, 3.63) is 47.0 Å². The summed E-state index contributed by atoms with van der Waals surface area (Å²) in [6.45, 7) is 2.25. The van der Waals surface area contributed by atoms with Gasteiger partial charge in [-0.25, -0.2) is 0 Å². The summed E-state index contributed by atoms with van der Waals surface area (Å²) in [4.78, 5) is 0. The van der Waals surface area contributed by atoms with Crippen LogP contribution in [0.25, 0.3) is 10.8 Å². The summed E-state index contributed by atoms with van der Waals surface area (Å²) in [5.74, 6) is 2.04. The largest absolute Gasteiger partial charge is 0.496 e. The number of unbranched alkanes of at least 4 members (excludes halogenated alkanes) is 2. The normalized spacial score (nSPS) is 13.6. The van der Waals surface area contributed by atoms with Gasteiger partial charge in [-0.05, 0) is 25.7 Å². The molecule has 2 aromatic carbocycles. The van der Waals surface area contributed by atoms with E-state index in [1.165, 1.54) is 36.8 Å². The standard InChI is InChI=1S/C21H26O2/c1-4-5-6-9-15-12-13-18-19(14-15)21(23-3)17-11-8-7-10-16(17)20(18)22-2/h7-8,10-12H,4-6,9,13-14H2,1-3H3. The average Bonchev–Trinajstić information content (AvgIpc) is 2.59. The monoisotopic (exact) mass is 310 g/mol. The van der Waals surface area contributed by atoms with Crippen LogP contribution in [-0.2, 0) is 12.8 Å². The van der Waals surface area contributed by atoms with Crippen molar-refractivity contribution < 1.29 is 9.47 Å². The minimum Gasteiger partial charge on any atom is -0.496 e. The Hall–Kier alpha value is -1.96. The topological polar surface area (TPSA) is 18.5 Å². The van der Waals surface area contributed by atoms with Gasteiger partial charge in [0.25, 0.3) is 0 Å². The molecule has 0 atom stereocenters. The lowest BCUT2D eigenvalue weighted by Crippen LogP contribution is -2.08. The van der Waals surface area contributed by atoms with Crippen LogP contribution in [0, 0.1) is 0 Å². The number of hydrogen-bond acceptors (Lipinski definition) is 2. The third-order valence-corrected chi connectivity index (χ3v) is 4.84. The third-order valence-electron chi connectivity index (χ3n) is 4.84.